The monoisotopic (exact) mass is 222 g/mol. The van der Waals surface area contributed by atoms with Crippen LogP contribution in [-0.4, -0.2) is 27.3 Å². The summed E-state index contributed by atoms with van der Waals surface area (Å²) in [7, 11) is 0. The molecule has 0 amide bonds. The van der Waals surface area contributed by atoms with Crippen LogP contribution in [0, 0.1) is 0 Å². The average Bonchev–Trinajstić information content (AvgIpc) is 2.15. The van der Waals surface area contributed by atoms with Gasteiger partial charge in [-0.25, -0.2) is 4.79 Å². The molecule has 0 aliphatic carbocycles. The number of benzene rings is 1. The first-order valence-corrected chi connectivity index (χ1v) is 4.37. The van der Waals surface area contributed by atoms with Gasteiger partial charge in [0.1, 0.15) is 5.76 Å². The lowest BCUT2D eigenvalue weighted by molar-refractivity contribution is -0.136. The van der Waals surface area contributed by atoms with Gasteiger partial charge in [0.05, 0.1) is 12.0 Å². The van der Waals surface area contributed by atoms with Gasteiger partial charge in [-0.15, -0.1) is 0 Å². The molecular formula is C11H10O5. The lowest BCUT2D eigenvalue weighted by Gasteiger charge is -2.05. The zero-order chi connectivity index (χ0) is 12.3. The molecule has 16 heavy (non-hydrogen) atoms. The van der Waals surface area contributed by atoms with Gasteiger partial charge in [0.2, 0.25) is 0 Å². The van der Waals surface area contributed by atoms with Crippen LogP contribution in [0.15, 0.2) is 24.8 Å². The Morgan fingerprint density at radius 2 is 1.62 bits per heavy atom. The van der Waals surface area contributed by atoms with E-state index in [1.807, 2.05) is 0 Å². The summed E-state index contributed by atoms with van der Waals surface area (Å²) < 4.78 is 0. The molecule has 1 aromatic carbocycles. The maximum absolute atomic E-state index is 10.8. The molecule has 3 N–H and O–H groups in total. The van der Waals surface area contributed by atoms with Crippen LogP contribution >= 0.6 is 0 Å². The summed E-state index contributed by atoms with van der Waals surface area (Å²) >= 11 is 0. The number of rotatable bonds is 4. The maximum Gasteiger partial charge on any atom is 0.335 e. The first-order valence-electron chi connectivity index (χ1n) is 4.37. The highest BCUT2D eigenvalue weighted by molar-refractivity contribution is 5.89. The van der Waals surface area contributed by atoms with E-state index in [1.165, 1.54) is 18.2 Å². The largest absolute Gasteiger partial charge is 0.508 e. The van der Waals surface area contributed by atoms with Crippen LogP contribution in [0.25, 0.3) is 5.76 Å². The summed E-state index contributed by atoms with van der Waals surface area (Å²) in [6, 6.07) is 3.88. The Labute approximate surface area is 91.3 Å². The van der Waals surface area contributed by atoms with Crippen molar-refractivity contribution in [3.8, 4) is 0 Å². The van der Waals surface area contributed by atoms with Crippen molar-refractivity contribution in [1.82, 2.24) is 0 Å². The van der Waals surface area contributed by atoms with Crippen molar-refractivity contribution in [3.63, 3.8) is 0 Å². The lowest BCUT2D eigenvalue weighted by atomic mass is 10.0. The molecule has 0 fully saturated rings. The van der Waals surface area contributed by atoms with Crippen molar-refractivity contribution in [2.75, 3.05) is 0 Å². The second kappa shape index (κ2) is 4.48. The minimum atomic E-state index is -1.19. The van der Waals surface area contributed by atoms with Crippen molar-refractivity contribution in [2.45, 2.75) is 6.42 Å². The second-order valence-corrected chi connectivity index (χ2v) is 3.24. The van der Waals surface area contributed by atoms with E-state index in [4.69, 9.17) is 15.3 Å². The number of carboxylic acid groups (broad SMARTS) is 2. The predicted octanol–water partition coefficient (Wildman–Crippen LogP) is 1.54. The molecule has 0 aliphatic rings. The first kappa shape index (κ1) is 11.8. The minimum Gasteiger partial charge on any atom is -0.508 e. The lowest BCUT2D eigenvalue weighted by Crippen LogP contribution is -2.04. The highest BCUT2D eigenvalue weighted by Crippen LogP contribution is 2.16. The first-order chi connectivity index (χ1) is 7.40. The Hall–Kier alpha value is -2.30. The van der Waals surface area contributed by atoms with E-state index in [2.05, 4.69) is 6.58 Å². The molecular weight excluding hydrogens is 212 g/mol. The van der Waals surface area contributed by atoms with E-state index in [9.17, 15) is 9.59 Å². The third-order valence-electron chi connectivity index (χ3n) is 1.93. The molecule has 5 nitrogen and oxygen atoms in total. The van der Waals surface area contributed by atoms with Gasteiger partial charge < -0.3 is 15.3 Å². The van der Waals surface area contributed by atoms with Gasteiger partial charge in [-0.05, 0) is 23.8 Å². The smallest absolute Gasteiger partial charge is 0.335 e. The van der Waals surface area contributed by atoms with Crippen LogP contribution in [-0.2, 0) is 11.2 Å². The number of carboxylic acids is 2. The van der Waals surface area contributed by atoms with Crippen LogP contribution in [0.3, 0.4) is 0 Å². The number of hydrogen-bond acceptors (Lipinski definition) is 3. The number of carbonyl (C=O) groups is 2. The Kier molecular flexibility index (Phi) is 3.30. The van der Waals surface area contributed by atoms with E-state index in [1.54, 1.807) is 0 Å². The summed E-state index contributed by atoms with van der Waals surface area (Å²) in [4.78, 5) is 21.3. The molecule has 5 heteroatoms. The minimum absolute atomic E-state index is 0.0797. The number of aliphatic hydroxyl groups is 1. The summed E-state index contributed by atoms with van der Waals surface area (Å²) in [6.45, 7) is 3.26. The highest BCUT2D eigenvalue weighted by Gasteiger charge is 2.10. The van der Waals surface area contributed by atoms with Crippen molar-refractivity contribution >= 4 is 17.7 Å². The van der Waals surface area contributed by atoms with Gasteiger partial charge in [-0.3, -0.25) is 4.79 Å². The summed E-state index contributed by atoms with van der Waals surface area (Å²) in [5.74, 6) is -2.55. The molecule has 1 aromatic rings. The van der Waals surface area contributed by atoms with Gasteiger partial charge >= 0.3 is 11.9 Å². The van der Waals surface area contributed by atoms with E-state index in [0.29, 0.717) is 5.56 Å². The van der Waals surface area contributed by atoms with Gasteiger partial charge in [0.15, 0.2) is 0 Å². The van der Waals surface area contributed by atoms with Gasteiger partial charge in [0, 0.05) is 5.56 Å². The van der Waals surface area contributed by atoms with Gasteiger partial charge in [-0.2, -0.15) is 0 Å². The third-order valence-corrected chi connectivity index (χ3v) is 1.93. The summed E-state index contributed by atoms with van der Waals surface area (Å²) in [5, 5.41) is 26.5. The number of aromatic carboxylic acids is 1. The van der Waals surface area contributed by atoms with E-state index in [0.717, 1.165) is 0 Å². The Morgan fingerprint density at radius 1 is 1.06 bits per heavy atom. The quantitative estimate of drug-likeness (QED) is 0.671. The molecule has 0 radical (unpaired) electrons. The molecule has 0 unspecified atom stereocenters. The molecule has 0 heterocycles. The topological polar surface area (TPSA) is 94.8 Å². The van der Waals surface area contributed by atoms with Crippen LogP contribution < -0.4 is 0 Å². The van der Waals surface area contributed by atoms with Crippen LogP contribution in [0.4, 0.5) is 0 Å². The third kappa shape index (κ3) is 2.84. The maximum atomic E-state index is 10.8. The van der Waals surface area contributed by atoms with Gasteiger partial charge in [-0.1, -0.05) is 6.58 Å². The van der Waals surface area contributed by atoms with Crippen molar-refractivity contribution < 1.29 is 24.9 Å². The Bertz CT molecular complexity index is 429. The molecule has 1 rings (SSSR count). The zero-order valence-corrected chi connectivity index (χ0v) is 8.30. The summed E-state index contributed by atoms with van der Waals surface area (Å²) in [6.07, 6.45) is -0.304. The average molecular weight is 222 g/mol. The second-order valence-electron chi connectivity index (χ2n) is 3.24. The molecule has 0 atom stereocenters. The normalized spacial score (nSPS) is 9.75. The van der Waals surface area contributed by atoms with Crippen LogP contribution in [0.5, 0.6) is 0 Å². The molecule has 84 valence electrons. The molecule has 0 saturated carbocycles. The van der Waals surface area contributed by atoms with E-state index < -0.39 is 11.9 Å². The van der Waals surface area contributed by atoms with Crippen molar-refractivity contribution in [1.29, 1.82) is 0 Å². The standard InChI is InChI=1S/C11H10O5/c1-6(12)8-2-7(4-10(13)14)3-9(5-8)11(15)16/h2-3,5,12H,1,4H2,(H,13,14)(H,15,16). The van der Waals surface area contributed by atoms with Gasteiger partial charge in [0.25, 0.3) is 0 Å². The van der Waals surface area contributed by atoms with Crippen molar-refractivity contribution in [2.24, 2.45) is 0 Å². The van der Waals surface area contributed by atoms with Crippen LogP contribution in [0.2, 0.25) is 0 Å². The molecule has 0 aromatic heterocycles. The van der Waals surface area contributed by atoms with Crippen molar-refractivity contribution in [3.05, 3.63) is 41.5 Å². The molecule has 0 saturated heterocycles. The SMILES string of the molecule is C=C(O)c1cc(CC(=O)O)cc(C(=O)O)c1. The van der Waals surface area contributed by atoms with E-state index in [-0.39, 0.29) is 23.3 Å². The highest BCUT2D eigenvalue weighted by atomic mass is 16.4. The fourth-order valence-corrected chi connectivity index (χ4v) is 1.26. The number of aliphatic hydroxyl groups excluding tert-OH is 1. The fraction of sp³-hybridized carbons (Fsp3) is 0.0909. The Balaban J connectivity index is 3.23. The number of hydrogen-bond donors (Lipinski definition) is 3. The molecule has 0 bridgehead atoms. The zero-order valence-electron chi connectivity index (χ0n) is 8.30. The summed E-state index contributed by atoms with van der Waals surface area (Å²) in [5.41, 5.74) is 0.428. The number of aliphatic carboxylic acids is 1. The predicted molar refractivity (Wildman–Crippen MR) is 56.4 cm³/mol. The van der Waals surface area contributed by atoms with E-state index >= 15 is 0 Å². The molecule has 0 spiro atoms. The fourth-order valence-electron chi connectivity index (χ4n) is 1.26. The Morgan fingerprint density at radius 3 is 2.06 bits per heavy atom. The van der Waals surface area contributed by atoms with Crippen LogP contribution in [0.1, 0.15) is 21.5 Å². The molecule has 0 aliphatic heterocycles.